The predicted octanol–water partition coefficient (Wildman–Crippen LogP) is 4.18. The third-order valence-corrected chi connectivity index (χ3v) is 6.65. The zero-order valence-electron chi connectivity index (χ0n) is 14.9. The Bertz CT molecular complexity index is 916. The molecule has 0 fully saturated rings. The number of nitrogens with one attached hydrogen (secondary N) is 1. The molecule has 1 N–H and O–H groups in total. The van der Waals surface area contributed by atoms with Crippen LogP contribution in [-0.2, 0) is 14.8 Å². The maximum absolute atomic E-state index is 12.7. The summed E-state index contributed by atoms with van der Waals surface area (Å²) < 4.78 is 26.4. The maximum Gasteiger partial charge on any atom is 0.246 e. The molecule has 0 aromatic heterocycles. The van der Waals surface area contributed by atoms with E-state index in [-0.39, 0.29) is 21.5 Å². The Labute approximate surface area is 164 Å². The number of benzene rings is 2. The fraction of sp³-hybridized carbons (Fsp3) is 0.278. The van der Waals surface area contributed by atoms with E-state index in [4.69, 9.17) is 23.2 Å². The van der Waals surface area contributed by atoms with Gasteiger partial charge in [-0.15, -0.1) is 0 Å². The van der Waals surface area contributed by atoms with Crippen LogP contribution >= 0.6 is 23.2 Å². The van der Waals surface area contributed by atoms with Gasteiger partial charge in [0.25, 0.3) is 0 Å². The summed E-state index contributed by atoms with van der Waals surface area (Å²) in [5, 5.41) is 2.80. The van der Waals surface area contributed by atoms with Gasteiger partial charge in [-0.3, -0.25) is 4.79 Å². The number of sulfonamides is 1. The van der Waals surface area contributed by atoms with Crippen LogP contribution in [0, 0.1) is 20.8 Å². The quantitative estimate of drug-likeness (QED) is 0.797. The first-order chi connectivity index (χ1) is 12.0. The monoisotopic (exact) mass is 414 g/mol. The van der Waals surface area contributed by atoms with Crippen molar-refractivity contribution in [1.82, 2.24) is 4.31 Å². The molecular formula is C18H20Cl2N2O3S. The van der Waals surface area contributed by atoms with Crippen molar-refractivity contribution < 1.29 is 13.2 Å². The van der Waals surface area contributed by atoms with E-state index in [2.05, 4.69) is 5.32 Å². The number of anilines is 1. The van der Waals surface area contributed by atoms with E-state index in [1.807, 2.05) is 32.9 Å². The van der Waals surface area contributed by atoms with Crippen LogP contribution < -0.4 is 5.32 Å². The molecule has 0 heterocycles. The summed E-state index contributed by atoms with van der Waals surface area (Å²) in [5.74, 6) is -0.450. The largest absolute Gasteiger partial charge is 0.324 e. The maximum atomic E-state index is 12.7. The van der Waals surface area contributed by atoms with Gasteiger partial charge in [0.15, 0.2) is 0 Å². The summed E-state index contributed by atoms with van der Waals surface area (Å²) in [5.41, 5.74) is 3.60. The molecule has 0 saturated heterocycles. The van der Waals surface area contributed by atoms with E-state index < -0.39 is 15.9 Å². The summed E-state index contributed by atoms with van der Waals surface area (Å²) >= 11 is 12.0. The molecule has 0 radical (unpaired) electrons. The Morgan fingerprint density at radius 2 is 1.58 bits per heavy atom. The van der Waals surface area contributed by atoms with Crippen LogP contribution in [0.25, 0.3) is 0 Å². The molecule has 5 nitrogen and oxygen atoms in total. The van der Waals surface area contributed by atoms with Crippen molar-refractivity contribution in [3.05, 3.63) is 57.1 Å². The van der Waals surface area contributed by atoms with Gasteiger partial charge in [0.05, 0.1) is 16.6 Å². The van der Waals surface area contributed by atoms with Gasteiger partial charge >= 0.3 is 0 Å². The average Bonchev–Trinajstić information content (AvgIpc) is 2.50. The van der Waals surface area contributed by atoms with Crippen molar-refractivity contribution in [3.8, 4) is 0 Å². The molecule has 0 aliphatic carbocycles. The highest BCUT2D eigenvalue weighted by Gasteiger charge is 2.28. The smallest absolute Gasteiger partial charge is 0.246 e. The standard InChI is InChI=1S/C18H20Cl2N2O3S/c1-11-8-12(2)17(13(3)9-11)21-16(23)10-22(4)26(24,25)18-14(19)6-5-7-15(18)20/h5-9H,10H2,1-4H3,(H,21,23). The number of hydrogen-bond donors (Lipinski definition) is 1. The third-order valence-electron chi connectivity index (χ3n) is 3.89. The van der Waals surface area contributed by atoms with Gasteiger partial charge in [-0.25, -0.2) is 8.42 Å². The molecule has 2 rings (SSSR count). The lowest BCUT2D eigenvalue weighted by Gasteiger charge is -2.19. The first kappa shape index (κ1) is 20.7. The Morgan fingerprint density at radius 1 is 1.08 bits per heavy atom. The normalized spacial score (nSPS) is 11.7. The number of likely N-dealkylation sites (N-methyl/N-ethyl adjacent to an activating group) is 1. The SMILES string of the molecule is Cc1cc(C)c(NC(=O)CN(C)S(=O)(=O)c2c(Cl)cccc2Cl)c(C)c1. The molecule has 0 atom stereocenters. The van der Waals surface area contributed by atoms with Crippen molar-refractivity contribution in [1.29, 1.82) is 0 Å². The first-order valence-electron chi connectivity index (χ1n) is 7.82. The van der Waals surface area contributed by atoms with Crippen LogP contribution in [0.3, 0.4) is 0 Å². The second kappa shape index (κ2) is 7.96. The van der Waals surface area contributed by atoms with Gasteiger partial charge in [0.2, 0.25) is 15.9 Å². The lowest BCUT2D eigenvalue weighted by atomic mass is 10.1. The van der Waals surface area contributed by atoms with Crippen molar-refractivity contribution in [2.75, 3.05) is 18.9 Å². The molecule has 1 amide bonds. The van der Waals surface area contributed by atoms with Crippen LogP contribution in [0.2, 0.25) is 10.0 Å². The van der Waals surface area contributed by atoms with Crippen LogP contribution in [0.4, 0.5) is 5.69 Å². The van der Waals surface area contributed by atoms with Gasteiger partial charge in [0, 0.05) is 12.7 Å². The van der Waals surface area contributed by atoms with Crippen molar-refractivity contribution >= 4 is 44.8 Å². The predicted molar refractivity (Wildman–Crippen MR) is 106 cm³/mol. The highest BCUT2D eigenvalue weighted by atomic mass is 35.5. The molecule has 8 heteroatoms. The first-order valence-corrected chi connectivity index (χ1v) is 10.0. The summed E-state index contributed by atoms with van der Waals surface area (Å²) in [6, 6.07) is 8.33. The van der Waals surface area contributed by atoms with Gasteiger partial charge in [-0.2, -0.15) is 4.31 Å². The zero-order valence-corrected chi connectivity index (χ0v) is 17.3. The average molecular weight is 415 g/mol. The van der Waals surface area contributed by atoms with Gasteiger partial charge < -0.3 is 5.32 Å². The van der Waals surface area contributed by atoms with Crippen molar-refractivity contribution in [2.24, 2.45) is 0 Å². The lowest BCUT2D eigenvalue weighted by molar-refractivity contribution is -0.116. The number of aryl methyl sites for hydroxylation is 3. The molecule has 0 saturated carbocycles. The highest BCUT2D eigenvalue weighted by molar-refractivity contribution is 7.89. The van der Waals surface area contributed by atoms with E-state index in [1.54, 1.807) is 6.07 Å². The van der Waals surface area contributed by atoms with Gasteiger partial charge in [-0.1, -0.05) is 47.0 Å². The fourth-order valence-corrected chi connectivity index (χ4v) is 4.94. The van der Waals surface area contributed by atoms with Crippen LogP contribution in [0.5, 0.6) is 0 Å². The zero-order chi connectivity index (χ0) is 19.6. The number of hydrogen-bond acceptors (Lipinski definition) is 3. The Morgan fingerprint density at radius 3 is 2.08 bits per heavy atom. The van der Waals surface area contributed by atoms with Crippen LogP contribution in [-0.4, -0.2) is 32.2 Å². The van der Waals surface area contributed by atoms with E-state index >= 15 is 0 Å². The second-order valence-electron chi connectivity index (χ2n) is 6.13. The number of amides is 1. The van der Waals surface area contributed by atoms with E-state index in [1.165, 1.54) is 19.2 Å². The summed E-state index contributed by atoms with van der Waals surface area (Å²) in [7, 11) is -2.70. The number of halogens is 2. The topological polar surface area (TPSA) is 66.5 Å². The number of carbonyl (C=O) groups excluding carboxylic acids is 1. The molecule has 2 aromatic carbocycles. The minimum atomic E-state index is -4.01. The highest BCUT2D eigenvalue weighted by Crippen LogP contribution is 2.31. The molecule has 0 bridgehead atoms. The van der Waals surface area contributed by atoms with E-state index in [9.17, 15) is 13.2 Å². The summed E-state index contributed by atoms with van der Waals surface area (Å²) in [6.45, 7) is 5.38. The minimum Gasteiger partial charge on any atom is -0.324 e. The minimum absolute atomic E-state index is 0.00924. The molecule has 26 heavy (non-hydrogen) atoms. The Balaban J connectivity index is 2.22. The lowest BCUT2D eigenvalue weighted by Crippen LogP contribution is -2.35. The molecule has 0 aliphatic heterocycles. The van der Waals surface area contributed by atoms with Crippen molar-refractivity contribution in [2.45, 2.75) is 25.7 Å². The molecular weight excluding hydrogens is 395 g/mol. The van der Waals surface area contributed by atoms with Crippen LogP contribution in [0.15, 0.2) is 35.2 Å². The Kier molecular flexibility index (Phi) is 6.34. The number of nitrogens with zero attached hydrogens (tertiary/aromatic N) is 1. The fourth-order valence-electron chi connectivity index (χ4n) is 2.73. The van der Waals surface area contributed by atoms with Crippen LogP contribution in [0.1, 0.15) is 16.7 Å². The van der Waals surface area contributed by atoms with Gasteiger partial charge in [-0.05, 0) is 44.0 Å². The summed E-state index contributed by atoms with van der Waals surface area (Å²) in [4.78, 5) is 12.2. The van der Waals surface area contributed by atoms with Gasteiger partial charge in [0.1, 0.15) is 4.90 Å². The number of carbonyl (C=O) groups is 1. The Hall–Kier alpha value is -1.60. The second-order valence-corrected chi connectivity index (χ2v) is 8.93. The molecule has 0 aliphatic rings. The molecule has 0 spiro atoms. The molecule has 2 aromatic rings. The molecule has 140 valence electrons. The molecule has 0 unspecified atom stereocenters. The van der Waals surface area contributed by atoms with E-state index in [0.29, 0.717) is 5.69 Å². The van der Waals surface area contributed by atoms with E-state index in [0.717, 1.165) is 21.0 Å². The van der Waals surface area contributed by atoms with Crippen molar-refractivity contribution in [3.63, 3.8) is 0 Å². The summed E-state index contributed by atoms with van der Waals surface area (Å²) in [6.07, 6.45) is 0. The number of rotatable bonds is 5. The third kappa shape index (κ3) is 4.38.